The Hall–Kier alpha value is -0.460. The van der Waals surface area contributed by atoms with Crippen molar-refractivity contribution in [1.82, 2.24) is 9.88 Å². The van der Waals surface area contributed by atoms with Crippen LogP contribution in [-0.4, -0.2) is 48.5 Å². The molecule has 0 aromatic carbocycles. The van der Waals surface area contributed by atoms with Gasteiger partial charge in [0, 0.05) is 38.9 Å². The van der Waals surface area contributed by atoms with Crippen molar-refractivity contribution in [2.75, 3.05) is 37.6 Å². The number of anilines is 1. The van der Waals surface area contributed by atoms with E-state index in [2.05, 4.69) is 9.88 Å². The maximum atomic E-state index is 12.8. The van der Waals surface area contributed by atoms with E-state index in [0.29, 0.717) is 42.8 Å². The van der Waals surface area contributed by atoms with Crippen LogP contribution >= 0.6 is 48.0 Å². The highest BCUT2D eigenvalue weighted by atomic mass is 35.5. The normalized spacial score (nSPS) is 14.6. The smallest absolute Gasteiger partial charge is 0.230 e. The van der Waals surface area contributed by atoms with Gasteiger partial charge in [0.25, 0.3) is 0 Å². The molecule has 1 aromatic heterocycles. The molecular weight excluding hydrogens is 406 g/mol. The van der Waals surface area contributed by atoms with Gasteiger partial charge in [-0.3, -0.25) is 4.79 Å². The molecule has 5 nitrogen and oxygen atoms in total. The second-order valence-electron chi connectivity index (χ2n) is 5.93. The maximum absolute atomic E-state index is 12.8. The molecule has 0 radical (unpaired) electrons. The first-order valence-electron chi connectivity index (χ1n) is 8.03. The van der Waals surface area contributed by atoms with E-state index in [1.54, 1.807) is 12.3 Å². The molecule has 0 unspecified atom stereocenters. The number of amides is 1. The lowest BCUT2D eigenvalue weighted by Gasteiger charge is -2.40. The molecule has 0 atom stereocenters. The summed E-state index contributed by atoms with van der Waals surface area (Å²) in [7, 11) is 0. The van der Waals surface area contributed by atoms with Crippen molar-refractivity contribution in [3.8, 4) is 0 Å². The average molecular weight is 432 g/mol. The largest absolute Gasteiger partial charge is 0.352 e. The summed E-state index contributed by atoms with van der Waals surface area (Å²) >= 11 is 12.1. The molecule has 0 spiro atoms. The van der Waals surface area contributed by atoms with Crippen LogP contribution in [0.25, 0.3) is 0 Å². The Morgan fingerprint density at radius 3 is 2.20 bits per heavy atom. The second-order valence-corrected chi connectivity index (χ2v) is 6.77. The molecule has 2 heterocycles. The predicted molar refractivity (Wildman–Crippen MR) is 110 cm³/mol. The van der Waals surface area contributed by atoms with Gasteiger partial charge in [-0.2, -0.15) is 0 Å². The lowest BCUT2D eigenvalue weighted by Crippen LogP contribution is -2.55. The van der Waals surface area contributed by atoms with Crippen molar-refractivity contribution in [3.63, 3.8) is 0 Å². The zero-order valence-corrected chi connectivity index (χ0v) is 17.6. The van der Waals surface area contributed by atoms with Crippen LogP contribution in [0.15, 0.2) is 12.3 Å². The van der Waals surface area contributed by atoms with E-state index in [4.69, 9.17) is 28.9 Å². The minimum atomic E-state index is -0.432. The van der Waals surface area contributed by atoms with E-state index < -0.39 is 5.41 Å². The number of piperazine rings is 1. The lowest BCUT2D eigenvalue weighted by atomic mass is 9.81. The van der Waals surface area contributed by atoms with Crippen LogP contribution in [0, 0.1) is 5.41 Å². The number of nitrogens with zero attached hydrogens (tertiary/aromatic N) is 3. The Balaban J connectivity index is 0.00000288. The van der Waals surface area contributed by atoms with Gasteiger partial charge in [-0.05, 0) is 18.9 Å². The first kappa shape index (κ1) is 24.5. The Morgan fingerprint density at radius 2 is 1.76 bits per heavy atom. The minimum absolute atomic E-state index is 0. The molecule has 0 bridgehead atoms. The quantitative estimate of drug-likeness (QED) is 0.772. The number of hydrogen-bond donors (Lipinski definition) is 1. The van der Waals surface area contributed by atoms with Gasteiger partial charge < -0.3 is 15.5 Å². The van der Waals surface area contributed by atoms with Crippen LogP contribution in [0.5, 0.6) is 0 Å². The van der Waals surface area contributed by atoms with Crippen molar-refractivity contribution >= 4 is 59.7 Å². The molecule has 1 aromatic rings. The zero-order valence-electron chi connectivity index (χ0n) is 14.5. The zero-order chi connectivity index (χ0) is 17.0. The number of rotatable bonds is 5. The molecule has 1 amide bonds. The van der Waals surface area contributed by atoms with Crippen LogP contribution in [0.4, 0.5) is 5.82 Å². The number of pyridine rings is 1. The SMILES string of the molecule is CCC(CC)(CN)C(=O)N1CCN(c2ncc(Cl)cc2Cl)CC1.Cl.Cl. The molecule has 144 valence electrons. The Labute approximate surface area is 172 Å². The molecular formula is C16H26Cl4N4O. The van der Waals surface area contributed by atoms with Crippen LogP contribution in [0.2, 0.25) is 10.0 Å². The summed E-state index contributed by atoms with van der Waals surface area (Å²) in [5, 5.41) is 1.06. The summed E-state index contributed by atoms with van der Waals surface area (Å²) in [6, 6.07) is 1.69. The van der Waals surface area contributed by atoms with Crippen LogP contribution in [0.3, 0.4) is 0 Å². The van der Waals surface area contributed by atoms with Gasteiger partial charge in [0.2, 0.25) is 5.91 Å². The van der Waals surface area contributed by atoms with Gasteiger partial charge in [0.05, 0.1) is 15.5 Å². The van der Waals surface area contributed by atoms with Crippen LogP contribution < -0.4 is 10.6 Å². The van der Waals surface area contributed by atoms with E-state index in [1.807, 2.05) is 18.7 Å². The summed E-state index contributed by atoms with van der Waals surface area (Å²) in [6.45, 7) is 7.16. The molecule has 1 saturated heterocycles. The molecule has 0 aliphatic carbocycles. The highest BCUT2D eigenvalue weighted by Crippen LogP contribution is 2.30. The van der Waals surface area contributed by atoms with E-state index in [9.17, 15) is 4.79 Å². The molecule has 2 rings (SSSR count). The van der Waals surface area contributed by atoms with Gasteiger partial charge in [-0.15, -0.1) is 24.8 Å². The fourth-order valence-corrected chi connectivity index (χ4v) is 3.52. The highest BCUT2D eigenvalue weighted by Gasteiger charge is 2.38. The highest BCUT2D eigenvalue weighted by molar-refractivity contribution is 6.36. The summed E-state index contributed by atoms with van der Waals surface area (Å²) < 4.78 is 0. The van der Waals surface area contributed by atoms with Crippen molar-refractivity contribution in [2.45, 2.75) is 26.7 Å². The fourth-order valence-electron chi connectivity index (χ4n) is 3.03. The molecule has 0 saturated carbocycles. The first-order chi connectivity index (χ1) is 11.0. The predicted octanol–water partition coefficient (Wildman–Crippen LogP) is 3.65. The summed E-state index contributed by atoms with van der Waals surface area (Å²) in [4.78, 5) is 21.1. The number of carbonyl (C=O) groups is 1. The van der Waals surface area contributed by atoms with Crippen molar-refractivity contribution < 1.29 is 4.79 Å². The summed E-state index contributed by atoms with van der Waals surface area (Å²) in [5.74, 6) is 0.888. The van der Waals surface area contributed by atoms with Gasteiger partial charge in [0.15, 0.2) is 0 Å². The average Bonchev–Trinajstić information content (AvgIpc) is 2.57. The fraction of sp³-hybridized carbons (Fsp3) is 0.625. The second kappa shape index (κ2) is 10.6. The first-order valence-corrected chi connectivity index (χ1v) is 8.78. The van der Waals surface area contributed by atoms with Crippen molar-refractivity contribution in [1.29, 1.82) is 0 Å². The molecule has 1 fully saturated rings. The third kappa shape index (κ3) is 5.27. The third-order valence-corrected chi connectivity index (χ3v) is 5.34. The Kier molecular flexibility index (Phi) is 10.4. The number of halogens is 4. The lowest BCUT2D eigenvalue weighted by molar-refractivity contribution is -0.142. The molecule has 9 heteroatoms. The van der Waals surface area contributed by atoms with Crippen LogP contribution in [-0.2, 0) is 4.79 Å². The Bertz CT molecular complexity index is 553. The van der Waals surface area contributed by atoms with Gasteiger partial charge in [0.1, 0.15) is 5.82 Å². The van der Waals surface area contributed by atoms with E-state index in [1.165, 1.54) is 0 Å². The number of aromatic nitrogens is 1. The standard InChI is InChI=1S/C16H24Cl2N4O.2ClH/c1-3-16(4-2,11-19)15(23)22-7-5-21(6-8-22)14-13(18)9-12(17)10-20-14;;/h9-10H,3-8,11,19H2,1-2H3;2*1H. The van der Waals surface area contributed by atoms with E-state index >= 15 is 0 Å². The molecule has 1 aliphatic rings. The minimum Gasteiger partial charge on any atom is -0.352 e. The van der Waals surface area contributed by atoms with Crippen LogP contribution in [0.1, 0.15) is 26.7 Å². The molecule has 1 aliphatic heterocycles. The summed E-state index contributed by atoms with van der Waals surface area (Å²) in [6.07, 6.45) is 3.13. The molecule has 25 heavy (non-hydrogen) atoms. The summed E-state index contributed by atoms with van der Waals surface area (Å²) in [5.41, 5.74) is 5.46. The maximum Gasteiger partial charge on any atom is 0.230 e. The number of carbonyl (C=O) groups excluding carboxylic acids is 1. The third-order valence-electron chi connectivity index (χ3n) is 4.85. The van der Waals surface area contributed by atoms with E-state index in [0.717, 1.165) is 18.7 Å². The van der Waals surface area contributed by atoms with Crippen molar-refractivity contribution in [3.05, 3.63) is 22.3 Å². The van der Waals surface area contributed by atoms with Crippen molar-refractivity contribution in [2.24, 2.45) is 11.1 Å². The van der Waals surface area contributed by atoms with E-state index in [-0.39, 0.29) is 30.7 Å². The number of nitrogens with two attached hydrogens (primary N) is 1. The molecule has 2 N–H and O–H groups in total. The van der Waals surface area contributed by atoms with Gasteiger partial charge >= 0.3 is 0 Å². The van der Waals surface area contributed by atoms with Gasteiger partial charge in [-0.25, -0.2) is 4.98 Å². The Morgan fingerprint density at radius 1 is 1.20 bits per heavy atom. The number of hydrogen-bond acceptors (Lipinski definition) is 4. The topological polar surface area (TPSA) is 62.5 Å². The van der Waals surface area contributed by atoms with Gasteiger partial charge in [-0.1, -0.05) is 37.0 Å². The monoisotopic (exact) mass is 430 g/mol.